The molecule has 0 aromatic heterocycles. The molecule has 0 aliphatic heterocycles. The lowest BCUT2D eigenvalue weighted by Gasteiger charge is -2.37. The van der Waals surface area contributed by atoms with E-state index in [9.17, 15) is 0 Å². The van der Waals surface area contributed by atoms with Crippen molar-refractivity contribution in [1.82, 2.24) is 5.32 Å². The predicted octanol–water partition coefficient (Wildman–Crippen LogP) is 3.90. The average Bonchev–Trinajstić information content (AvgIpc) is 2.43. The quantitative estimate of drug-likeness (QED) is 0.777. The second kappa shape index (κ2) is 7.68. The van der Waals surface area contributed by atoms with Crippen LogP contribution in [0, 0.1) is 17.8 Å². The maximum Gasteiger partial charge on any atom is 0.118 e. The minimum atomic E-state index is 0.757. The van der Waals surface area contributed by atoms with Crippen molar-refractivity contribution < 1.29 is 4.74 Å². The van der Waals surface area contributed by atoms with E-state index >= 15 is 0 Å². The monoisotopic (exact) mass is 275 g/mol. The van der Waals surface area contributed by atoms with Gasteiger partial charge in [0.05, 0.1) is 7.11 Å². The second-order valence-corrected chi connectivity index (χ2v) is 6.54. The fourth-order valence-electron chi connectivity index (χ4n) is 2.99. The SMILES string of the molecule is COc1ccc(CCC2CCC2CNCC(C)C)cc1. The molecule has 1 N–H and O–H groups in total. The van der Waals surface area contributed by atoms with E-state index in [2.05, 4.69) is 43.4 Å². The number of hydrogen-bond donors (Lipinski definition) is 1. The molecular weight excluding hydrogens is 246 g/mol. The van der Waals surface area contributed by atoms with Crippen LogP contribution >= 0.6 is 0 Å². The van der Waals surface area contributed by atoms with E-state index in [1.807, 2.05) is 0 Å². The lowest BCUT2D eigenvalue weighted by atomic mass is 9.71. The van der Waals surface area contributed by atoms with Crippen molar-refractivity contribution in [3.8, 4) is 5.75 Å². The smallest absolute Gasteiger partial charge is 0.118 e. The van der Waals surface area contributed by atoms with E-state index in [0.29, 0.717) is 0 Å². The highest BCUT2D eigenvalue weighted by Gasteiger charge is 2.29. The summed E-state index contributed by atoms with van der Waals surface area (Å²) < 4.78 is 5.20. The van der Waals surface area contributed by atoms with E-state index in [4.69, 9.17) is 4.74 Å². The third-order valence-corrected chi connectivity index (χ3v) is 4.50. The Balaban J connectivity index is 1.68. The summed E-state index contributed by atoms with van der Waals surface area (Å²) in [7, 11) is 1.72. The number of hydrogen-bond acceptors (Lipinski definition) is 2. The number of aryl methyl sites for hydroxylation is 1. The van der Waals surface area contributed by atoms with Crippen molar-refractivity contribution in [1.29, 1.82) is 0 Å². The van der Waals surface area contributed by atoms with Gasteiger partial charge in [0.15, 0.2) is 0 Å². The van der Waals surface area contributed by atoms with Gasteiger partial charge < -0.3 is 10.1 Å². The Labute approximate surface area is 123 Å². The Kier molecular flexibility index (Phi) is 5.90. The van der Waals surface area contributed by atoms with Crippen molar-refractivity contribution in [2.24, 2.45) is 17.8 Å². The molecule has 20 heavy (non-hydrogen) atoms. The molecule has 1 aliphatic carbocycles. The molecule has 0 heterocycles. The number of ether oxygens (including phenoxy) is 1. The number of benzene rings is 1. The third kappa shape index (κ3) is 4.52. The van der Waals surface area contributed by atoms with Crippen LogP contribution in [0.2, 0.25) is 0 Å². The predicted molar refractivity (Wildman–Crippen MR) is 85.2 cm³/mol. The van der Waals surface area contributed by atoms with E-state index in [1.165, 1.54) is 37.8 Å². The molecule has 2 atom stereocenters. The molecule has 112 valence electrons. The first kappa shape index (κ1) is 15.4. The molecule has 1 saturated carbocycles. The third-order valence-electron chi connectivity index (χ3n) is 4.50. The van der Waals surface area contributed by atoms with Crippen LogP contribution in [0.25, 0.3) is 0 Å². The zero-order valence-electron chi connectivity index (χ0n) is 13.2. The van der Waals surface area contributed by atoms with Crippen LogP contribution in [0.15, 0.2) is 24.3 Å². The molecule has 1 aliphatic rings. The lowest BCUT2D eigenvalue weighted by Crippen LogP contribution is -2.36. The average molecular weight is 275 g/mol. The molecule has 2 rings (SSSR count). The van der Waals surface area contributed by atoms with Crippen LogP contribution in [0.3, 0.4) is 0 Å². The molecule has 0 spiro atoms. The van der Waals surface area contributed by atoms with Gasteiger partial charge in [0, 0.05) is 0 Å². The van der Waals surface area contributed by atoms with Crippen molar-refractivity contribution in [3.63, 3.8) is 0 Å². The van der Waals surface area contributed by atoms with Gasteiger partial charge in [-0.1, -0.05) is 26.0 Å². The van der Waals surface area contributed by atoms with Crippen LogP contribution in [0.5, 0.6) is 5.75 Å². The number of nitrogens with one attached hydrogen (secondary N) is 1. The maximum atomic E-state index is 5.20. The summed E-state index contributed by atoms with van der Waals surface area (Å²) in [5, 5.41) is 3.61. The summed E-state index contributed by atoms with van der Waals surface area (Å²) in [4.78, 5) is 0. The van der Waals surface area contributed by atoms with E-state index in [-0.39, 0.29) is 0 Å². The fraction of sp³-hybridized carbons (Fsp3) is 0.667. The van der Waals surface area contributed by atoms with Gasteiger partial charge in [0.2, 0.25) is 0 Å². The zero-order chi connectivity index (χ0) is 14.4. The minimum absolute atomic E-state index is 0.757. The Bertz CT molecular complexity index is 385. The van der Waals surface area contributed by atoms with Crippen LogP contribution in [0.4, 0.5) is 0 Å². The maximum absolute atomic E-state index is 5.20. The van der Waals surface area contributed by atoms with Gasteiger partial charge in [-0.2, -0.15) is 0 Å². The normalized spacial score (nSPS) is 21.8. The van der Waals surface area contributed by atoms with Gasteiger partial charge in [-0.25, -0.2) is 0 Å². The summed E-state index contributed by atoms with van der Waals surface area (Å²) in [6.07, 6.45) is 5.37. The second-order valence-electron chi connectivity index (χ2n) is 6.54. The molecule has 0 radical (unpaired) electrons. The van der Waals surface area contributed by atoms with Crippen LogP contribution in [0.1, 0.15) is 38.7 Å². The Morgan fingerprint density at radius 1 is 1.15 bits per heavy atom. The highest BCUT2D eigenvalue weighted by molar-refractivity contribution is 5.27. The Hall–Kier alpha value is -1.02. The molecule has 2 nitrogen and oxygen atoms in total. The van der Waals surface area contributed by atoms with Gasteiger partial charge in [-0.15, -0.1) is 0 Å². The molecule has 2 heteroatoms. The van der Waals surface area contributed by atoms with Crippen molar-refractivity contribution >= 4 is 0 Å². The van der Waals surface area contributed by atoms with Crippen molar-refractivity contribution in [3.05, 3.63) is 29.8 Å². The zero-order valence-corrected chi connectivity index (χ0v) is 13.2. The summed E-state index contributed by atoms with van der Waals surface area (Å²) in [5.41, 5.74) is 1.44. The van der Waals surface area contributed by atoms with Crippen LogP contribution < -0.4 is 10.1 Å². The van der Waals surface area contributed by atoms with Crippen molar-refractivity contribution in [2.75, 3.05) is 20.2 Å². The highest BCUT2D eigenvalue weighted by atomic mass is 16.5. The topological polar surface area (TPSA) is 21.3 Å². The van der Waals surface area contributed by atoms with Crippen LogP contribution in [-0.2, 0) is 6.42 Å². The Morgan fingerprint density at radius 3 is 2.40 bits per heavy atom. The van der Waals surface area contributed by atoms with E-state index < -0.39 is 0 Å². The minimum Gasteiger partial charge on any atom is -0.497 e. The number of rotatable bonds is 8. The van der Waals surface area contributed by atoms with E-state index in [0.717, 1.165) is 30.0 Å². The van der Waals surface area contributed by atoms with Crippen molar-refractivity contribution in [2.45, 2.75) is 39.5 Å². The highest BCUT2D eigenvalue weighted by Crippen LogP contribution is 2.37. The molecule has 1 aromatic rings. The number of methoxy groups -OCH3 is 1. The molecular formula is C18H29NO. The standard InChI is InChI=1S/C18H29NO/c1-14(2)12-19-13-17-9-8-16(17)7-4-15-5-10-18(20-3)11-6-15/h5-6,10-11,14,16-17,19H,4,7-9,12-13H2,1-3H3. The molecule has 0 saturated heterocycles. The first-order chi connectivity index (χ1) is 9.69. The summed E-state index contributed by atoms with van der Waals surface area (Å²) in [6.45, 7) is 6.91. The van der Waals surface area contributed by atoms with Gasteiger partial charge >= 0.3 is 0 Å². The summed E-state index contributed by atoms with van der Waals surface area (Å²) in [6, 6.07) is 8.53. The first-order valence-corrected chi connectivity index (χ1v) is 8.02. The lowest BCUT2D eigenvalue weighted by molar-refractivity contribution is 0.159. The van der Waals surface area contributed by atoms with Crippen LogP contribution in [-0.4, -0.2) is 20.2 Å². The van der Waals surface area contributed by atoms with Gasteiger partial charge in [-0.3, -0.25) is 0 Å². The molecule has 2 unspecified atom stereocenters. The Morgan fingerprint density at radius 2 is 1.85 bits per heavy atom. The molecule has 1 fully saturated rings. The van der Waals surface area contributed by atoms with Gasteiger partial charge in [-0.05, 0) is 74.2 Å². The first-order valence-electron chi connectivity index (χ1n) is 8.02. The van der Waals surface area contributed by atoms with E-state index in [1.54, 1.807) is 7.11 Å². The summed E-state index contributed by atoms with van der Waals surface area (Å²) in [5.74, 6) is 3.55. The largest absolute Gasteiger partial charge is 0.497 e. The molecule has 0 bridgehead atoms. The molecule has 0 amide bonds. The fourth-order valence-corrected chi connectivity index (χ4v) is 2.99. The summed E-state index contributed by atoms with van der Waals surface area (Å²) >= 11 is 0. The van der Waals surface area contributed by atoms with Gasteiger partial charge in [0.25, 0.3) is 0 Å². The molecule has 1 aromatic carbocycles. The van der Waals surface area contributed by atoms with Gasteiger partial charge in [0.1, 0.15) is 5.75 Å².